The molecule has 0 bridgehead atoms. The van der Waals surface area contributed by atoms with Gasteiger partial charge in [0.15, 0.2) is 6.19 Å². The van der Waals surface area contributed by atoms with Crippen LogP contribution in [-0.4, -0.2) is 47.0 Å². The Labute approximate surface area is 151 Å². The molecule has 1 saturated heterocycles. The number of aliphatic imine (C=N–C) groups is 1. The molecule has 1 fully saturated rings. The molecule has 0 spiro atoms. The zero-order valence-electron chi connectivity index (χ0n) is 14.5. The fourth-order valence-corrected chi connectivity index (χ4v) is 2.99. The molecule has 2 N–H and O–H groups in total. The molecule has 26 heavy (non-hydrogen) atoms. The summed E-state index contributed by atoms with van der Waals surface area (Å²) in [5.74, 6) is 0.548. The van der Waals surface area contributed by atoms with Crippen molar-refractivity contribution in [2.24, 2.45) is 10.7 Å². The lowest BCUT2D eigenvalue weighted by atomic mass is 10.1. The van der Waals surface area contributed by atoms with Crippen LogP contribution in [0.1, 0.15) is 24.0 Å². The van der Waals surface area contributed by atoms with E-state index in [9.17, 15) is 5.26 Å². The number of fused-ring (bicyclic) bond motifs is 1. The molecule has 8 nitrogen and oxygen atoms in total. The van der Waals surface area contributed by atoms with Crippen LogP contribution in [-0.2, 0) is 0 Å². The number of rotatable bonds is 4. The number of nitrogens with two attached hydrogens (primary N) is 1. The summed E-state index contributed by atoms with van der Waals surface area (Å²) in [5.41, 5.74) is 8.41. The van der Waals surface area contributed by atoms with E-state index in [1.165, 1.54) is 12.4 Å². The SMILES string of the molecule is COc1cc(/C(C=NC2CCN(C#N)CC2)=C/N)cn2ncc(C#N)c12. The first-order chi connectivity index (χ1) is 12.7. The summed E-state index contributed by atoms with van der Waals surface area (Å²) < 4.78 is 7.03. The smallest absolute Gasteiger partial charge is 0.179 e. The van der Waals surface area contributed by atoms with Gasteiger partial charge in [0.2, 0.25) is 0 Å². The average Bonchev–Trinajstić information content (AvgIpc) is 3.11. The lowest BCUT2D eigenvalue weighted by Crippen LogP contribution is -2.31. The summed E-state index contributed by atoms with van der Waals surface area (Å²) in [6, 6.07) is 4.10. The summed E-state index contributed by atoms with van der Waals surface area (Å²) >= 11 is 0. The van der Waals surface area contributed by atoms with Crippen LogP contribution in [0.2, 0.25) is 0 Å². The Hall–Kier alpha value is -3.52. The largest absolute Gasteiger partial charge is 0.494 e. The Morgan fingerprint density at radius 3 is 2.81 bits per heavy atom. The number of nitriles is 2. The molecule has 0 radical (unpaired) electrons. The zero-order valence-corrected chi connectivity index (χ0v) is 14.5. The van der Waals surface area contributed by atoms with E-state index in [1.54, 1.807) is 28.9 Å². The van der Waals surface area contributed by atoms with Gasteiger partial charge >= 0.3 is 0 Å². The number of hydrogen-bond acceptors (Lipinski definition) is 7. The van der Waals surface area contributed by atoms with Crippen molar-refractivity contribution in [1.82, 2.24) is 14.5 Å². The van der Waals surface area contributed by atoms with Gasteiger partial charge in [0.1, 0.15) is 22.9 Å². The van der Waals surface area contributed by atoms with Gasteiger partial charge in [-0.05, 0) is 18.9 Å². The Kier molecular flexibility index (Phi) is 5.04. The highest BCUT2D eigenvalue weighted by molar-refractivity contribution is 6.09. The van der Waals surface area contributed by atoms with E-state index in [0.29, 0.717) is 16.8 Å². The van der Waals surface area contributed by atoms with Crippen molar-refractivity contribution < 1.29 is 4.74 Å². The zero-order chi connectivity index (χ0) is 18.5. The van der Waals surface area contributed by atoms with Crippen LogP contribution in [0.3, 0.4) is 0 Å². The minimum Gasteiger partial charge on any atom is -0.494 e. The van der Waals surface area contributed by atoms with Crippen LogP contribution in [0.4, 0.5) is 0 Å². The van der Waals surface area contributed by atoms with Crippen molar-refractivity contribution in [2.75, 3.05) is 20.2 Å². The third-order valence-corrected chi connectivity index (χ3v) is 4.46. The first kappa shape index (κ1) is 17.3. The Bertz CT molecular complexity index is 937. The summed E-state index contributed by atoms with van der Waals surface area (Å²) in [7, 11) is 1.55. The third kappa shape index (κ3) is 3.31. The molecule has 0 unspecified atom stereocenters. The topological polar surface area (TPSA) is 116 Å². The predicted octanol–water partition coefficient (Wildman–Crippen LogP) is 1.53. The monoisotopic (exact) mass is 349 g/mol. The maximum absolute atomic E-state index is 9.20. The fraction of sp³-hybridized carbons (Fsp3) is 0.333. The van der Waals surface area contributed by atoms with Gasteiger partial charge in [0.05, 0.1) is 19.3 Å². The minimum atomic E-state index is 0.176. The maximum atomic E-state index is 9.20. The number of nitrogens with zero attached hydrogens (tertiary/aromatic N) is 6. The highest BCUT2D eigenvalue weighted by atomic mass is 16.5. The minimum absolute atomic E-state index is 0.176. The van der Waals surface area contributed by atoms with Crippen molar-refractivity contribution in [1.29, 1.82) is 10.5 Å². The molecule has 0 aliphatic carbocycles. The van der Waals surface area contributed by atoms with E-state index >= 15 is 0 Å². The third-order valence-electron chi connectivity index (χ3n) is 4.46. The van der Waals surface area contributed by atoms with Gasteiger partial charge in [0.25, 0.3) is 0 Å². The van der Waals surface area contributed by atoms with Crippen molar-refractivity contribution in [3.05, 3.63) is 35.8 Å². The van der Waals surface area contributed by atoms with Gasteiger partial charge < -0.3 is 15.4 Å². The lowest BCUT2D eigenvalue weighted by Gasteiger charge is -2.25. The molecule has 1 aliphatic rings. The molecule has 1 aliphatic heterocycles. The molecule has 0 aromatic carbocycles. The molecule has 3 heterocycles. The number of pyridine rings is 1. The highest BCUT2D eigenvalue weighted by Gasteiger charge is 2.17. The van der Waals surface area contributed by atoms with Crippen LogP contribution in [0, 0.1) is 22.8 Å². The van der Waals surface area contributed by atoms with Crippen molar-refractivity contribution >= 4 is 17.3 Å². The second-order valence-electron chi connectivity index (χ2n) is 5.98. The Morgan fingerprint density at radius 2 is 2.19 bits per heavy atom. The van der Waals surface area contributed by atoms with E-state index < -0.39 is 0 Å². The highest BCUT2D eigenvalue weighted by Crippen LogP contribution is 2.27. The number of likely N-dealkylation sites (tertiary alicyclic amines) is 1. The second kappa shape index (κ2) is 7.58. The quantitative estimate of drug-likeness (QED) is 0.661. The first-order valence-corrected chi connectivity index (χ1v) is 8.25. The van der Waals surface area contributed by atoms with Crippen LogP contribution in [0.5, 0.6) is 5.75 Å². The van der Waals surface area contributed by atoms with Gasteiger partial charge in [-0.3, -0.25) is 4.99 Å². The van der Waals surface area contributed by atoms with Crippen LogP contribution in [0.25, 0.3) is 11.1 Å². The molecule has 2 aromatic heterocycles. The summed E-state index contributed by atoms with van der Waals surface area (Å²) in [6.07, 6.45) is 10.4. The number of ether oxygens (including phenoxy) is 1. The van der Waals surface area contributed by atoms with E-state index in [0.717, 1.165) is 37.1 Å². The molecule has 2 aromatic rings. The van der Waals surface area contributed by atoms with Crippen LogP contribution >= 0.6 is 0 Å². The van der Waals surface area contributed by atoms with E-state index in [4.69, 9.17) is 15.7 Å². The molecular weight excluding hydrogens is 330 g/mol. The molecule has 8 heteroatoms. The summed E-state index contributed by atoms with van der Waals surface area (Å²) in [6.45, 7) is 1.45. The number of aromatic nitrogens is 2. The number of methoxy groups -OCH3 is 1. The molecule has 0 saturated carbocycles. The number of piperidine rings is 1. The number of hydrogen-bond donors (Lipinski definition) is 1. The van der Waals surface area contributed by atoms with Gasteiger partial charge in [-0.2, -0.15) is 15.6 Å². The normalized spacial score (nSPS) is 16.0. The van der Waals surface area contributed by atoms with E-state index in [-0.39, 0.29) is 6.04 Å². The van der Waals surface area contributed by atoms with Crippen molar-refractivity contribution in [3.63, 3.8) is 0 Å². The maximum Gasteiger partial charge on any atom is 0.179 e. The van der Waals surface area contributed by atoms with Crippen molar-refractivity contribution in [3.8, 4) is 18.0 Å². The standard InChI is InChI=1S/C18H19N7O/c1-26-17-6-13(11-25-18(17)15(8-20)10-23-25)14(7-19)9-22-16-2-4-24(12-21)5-3-16/h6-7,9-11,16H,2-5,19H2,1H3/b14-7+,22-9?. The number of allylic oxidation sites excluding steroid dienone is 1. The van der Waals surface area contributed by atoms with E-state index in [1.807, 2.05) is 6.07 Å². The first-order valence-electron chi connectivity index (χ1n) is 8.25. The molecule has 0 amide bonds. The van der Waals surface area contributed by atoms with Crippen LogP contribution < -0.4 is 10.5 Å². The Balaban J connectivity index is 1.86. The fourth-order valence-electron chi connectivity index (χ4n) is 2.99. The molecule has 3 rings (SSSR count). The van der Waals surface area contributed by atoms with Crippen molar-refractivity contribution in [2.45, 2.75) is 18.9 Å². The molecule has 0 atom stereocenters. The summed E-state index contributed by atoms with van der Waals surface area (Å²) in [4.78, 5) is 6.37. The van der Waals surface area contributed by atoms with Gasteiger partial charge in [0, 0.05) is 42.8 Å². The lowest BCUT2D eigenvalue weighted by molar-refractivity contribution is 0.297. The van der Waals surface area contributed by atoms with Gasteiger partial charge in [-0.15, -0.1) is 0 Å². The molecular formula is C18H19N7O. The second-order valence-corrected chi connectivity index (χ2v) is 5.98. The van der Waals surface area contributed by atoms with Gasteiger partial charge in [-0.25, -0.2) is 4.52 Å². The summed E-state index contributed by atoms with van der Waals surface area (Å²) in [5, 5.41) is 22.3. The van der Waals surface area contributed by atoms with E-state index in [2.05, 4.69) is 22.4 Å². The van der Waals surface area contributed by atoms with Gasteiger partial charge in [-0.1, -0.05) is 0 Å². The molecule has 132 valence electrons. The average molecular weight is 349 g/mol. The predicted molar refractivity (Wildman–Crippen MR) is 97.3 cm³/mol. The van der Waals surface area contributed by atoms with Crippen LogP contribution in [0.15, 0.2) is 29.7 Å². The Morgan fingerprint density at radius 1 is 1.42 bits per heavy atom.